The Balaban J connectivity index is 1.38. The van der Waals surface area contributed by atoms with E-state index in [0.717, 1.165) is 30.1 Å². The molecule has 1 spiro atoms. The lowest BCUT2D eigenvalue weighted by Crippen LogP contribution is -2.70. The van der Waals surface area contributed by atoms with Crippen molar-refractivity contribution < 1.29 is 14.4 Å². The summed E-state index contributed by atoms with van der Waals surface area (Å²) in [6, 6.07) is 4.31. The minimum atomic E-state index is -0.653. The van der Waals surface area contributed by atoms with Crippen LogP contribution < -0.4 is 5.48 Å². The van der Waals surface area contributed by atoms with Gasteiger partial charge < -0.3 is 0 Å². The number of halogens is 1. The number of hydroxylamine groups is 1. The van der Waals surface area contributed by atoms with E-state index in [9.17, 15) is 9.18 Å². The predicted molar refractivity (Wildman–Crippen MR) is 99.1 cm³/mol. The van der Waals surface area contributed by atoms with Crippen LogP contribution in [0, 0.1) is 5.82 Å². The van der Waals surface area contributed by atoms with E-state index in [0.29, 0.717) is 18.1 Å². The Morgan fingerprint density at radius 3 is 2.74 bits per heavy atom. The van der Waals surface area contributed by atoms with E-state index >= 15 is 0 Å². The zero-order valence-electron chi connectivity index (χ0n) is 15.7. The molecule has 5 nitrogen and oxygen atoms in total. The minimum absolute atomic E-state index is 0.189. The van der Waals surface area contributed by atoms with Crippen LogP contribution in [0.3, 0.4) is 0 Å². The lowest BCUT2D eigenvalue weighted by molar-refractivity contribution is -0.104. The van der Waals surface area contributed by atoms with Gasteiger partial charge in [0.25, 0.3) is 5.91 Å². The number of nitrogens with zero attached hydrogens (tertiary/aromatic N) is 2. The first kappa shape index (κ1) is 17.6. The van der Waals surface area contributed by atoms with E-state index in [1.54, 1.807) is 11.5 Å². The van der Waals surface area contributed by atoms with Gasteiger partial charge in [-0.15, -0.1) is 0 Å². The maximum absolute atomic E-state index is 14.7. The van der Waals surface area contributed by atoms with Crippen molar-refractivity contribution in [1.82, 2.24) is 15.3 Å². The van der Waals surface area contributed by atoms with Crippen molar-refractivity contribution in [2.75, 3.05) is 13.1 Å². The van der Waals surface area contributed by atoms with Crippen molar-refractivity contribution in [3.05, 3.63) is 34.6 Å². The van der Waals surface area contributed by atoms with Gasteiger partial charge in [-0.25, -0.2) is 9.87 Å². The molecule has 1 amide bonds. The van der Waals surface area contributed by atoms with Gasteiger partial charge in [0.1, 0.15) is 5.82 Å². The first-order valence-corrected chi connectivity index (χ1v) is 10.4. The number of hydrogen-bond acceptors (Lipinski definition) is 4. The Morgan fingerprint density at radius 1 is 1.19 bits per heavy atom. The number of piperidine rings is 1. The zero-order chi connectivity index (χ0) is 18.6. The van der Waals surface area contributed by atoms with Gasteiger partial charge in [0.2, 0.25) is 0 Å². The Hall–Kier alpha value is -1.50. The number of amides is 1. The van der Waals surface area contributed by atoms with Gasteiger partial charge in [-0.05, 0) is 69.2 Å². The Labute approximate surface area is 159 Å². The fourth-order valence-corrected chi connectivity index (χ4v) is 5.87. The van der Waals surface area contributed by atoms with Crippen LogP contribution in [0.5, 0.6) is 0 Å². The molecule has 4 aliphatic rings. The second kappa shape index (κ2) is 6.54. The van der Waals surface area contributed by atoms with Crippen LogP contribution in [0.25, 0.3) is 0 Å². The van der Waals surface area contributed by atoms with Gasteiger partial charge in [0.05, 0.1) is 0 Å². The number of likely N-dealkylation sites (tertiary alicyclic amines) is 1. The van der Waals surface area contributed by atoms with Gasteiger partial charge >= 0.3 is 0 Å². The van der Waals surface area contributed by atoms with Crippen molar-refractivity contribution in [2.24, 2.45) is 0 Å². The molecule has 0 bridgehead atoms. The standard InChI is InChI=1S/C21H28FN3O2/c22-18-12-15(20(26)23-27)11-14-6-10-24(13-17(14)18)19-5-8-21(19)7-1-2-9-25(21)16-3-4-16/h11-12,16,19,27H,1-10,13H2,(H,23,26)/t19-,21+/m0/s1. The number of hydrogen-bond donors (Lipinski definition) is 2. The lowest BCUT2D eigenvalue weighted by Gasteiger charge is -2.62. The topological polar surface area (TPSA) is 55.8 Å². The van der Waals surface area contributed by atoms with Crippen molar-refractivity contribution in [1.29, 1.82) is 0 Å². The summed E-state index contributed by atoms with van der Waals surface area (Å²) in [4.78, 5) is 17.0. The Morgan fingerprint density at radius 2 is 2.04 bits per heavy atom. The first-order chi connectivity index (χ1) is 13.1. The molecule has 6 heteroatoms. The molecule has 2 aliphatic carbocycles. The quantitative estimate of drug-likeness (QED) is 0.632. The third kappa shape index (κ3) is 2.80. The van der Waals surface area contributed by atoms with E-state index < -0.39 is 5.91 Å². The fourth-order valence-electron chi connectivity index (χ4n) is 5.87. The van der Waals surface area contributed by atoms with E-state index in [4.69, 9.17) is 5.21 Å². The monoisotopic (exact) mass is 373 g/mol. The summed E-state index contributed by atoms with van der Waals surface area (Å²) in [6.07, 6.45) is 9.88. The van der Waals surface area contributed by atoms with E-state index in [-0.39, 0.29) is 11.4 Å². The largest absolute Gasteiger partial charge is 0.294 e. The van der Waals surface area contributed by atoms with Crippen LogP contribution >= 0.6 is 0 Å². The second-order valence-electron chi connectivity index (χ2n) is 8.80. The molecular weight excluding hydrogens is 345 g/mol. The maximum Gasteiger partial charge on any atom is 0.274 e. The molecule has 3 fully saturated rings. The molecule has 0 unspecified atom stereocenters. The molecule has 0 aromatic heterocycles. The normalized spacial score (nSPS) is 31.4. The van der Waals surface area contributed by atoms with Gasteiger partial charge in [0, 0.05) is 41.8 Å². The summed E-state index contributed by atoms with van der Waals surface area (Å²) in [5.41, 5.74) is 3.74. The highest BCUT2D eigenvalue weighted by Crippen LogP contribution is 2.51. The molecule has 2 aliphatic heterocycles. The molecule has 5 rings (SSSR count). The van der Waals surface area contributed by atoms with Gasteiger partial charge in [-0.3, -0.25) is 19.8 Å². The van der Waals surface area contributed by atoms with Crippen LogP contribution in [0.2, 0.25) is 0 Å². The third-order valence-electron chi connectivity index (χ3n) is 7.41. The predicted octanol–water partition coefficient (Wildman–Crippen LogP) is 2.85. The lowest BCUT2D eigenvalue weighted by atomic mass is 9.64. The molecule has 27 heavy (non-hydrogen) atoms. The van der Waals surface area contributed by atoms with E-state index in [2.05, 4.69) is 9.80 Å². The SMILES string of the molecule is O=C(NO)c1cc(F)c2c(c1)CCN([C@H]1CC[C@]13CCCCN3C1CC1)C2. The summed E-state index contributed by atoms with van der Waals surface area (Å²) in [6.45, 7) is 2.79. The van der Waals surface area contributed by atoms with Crippen molar-refractivity contribution >= 4 is 5.91 Å². The van der Waals surface area contributed by atoms with E-state index in [1.165, 1.54) is 57.6 Å². The molecule has 1 saturated heterocycles. The van der Waals surface area contributed by atoms with Crippen LogP contribution in [0.4, 0.5) is 4.39 Å². The summed E-state index contributed by atoms with van der Waals surface area (Å²) in [7, 11) is 0. The van der Waals surface area contributed by atoms with Crippen LogP contribution in [-0.4, -0.2) is 51.6 Å². The van der Waals surface area contributed by atoms with Crippen LogP contribution in [-0.2, 0) is 13.0 Å². The van der Waals surface area contributed by atoms with E-state index in [1.807, 2.05) is 0 Å². The van der Waals surface area contributed by atoms with Gasteiger partial charge in [-0.2, -0.15) is 0 Å². The number of benzene rings is 1. The van der Waals surface area contributed by atoms with Crippen LogP contribution in [0.1, 0.15) is 66.4 Å². The number of carbonyl (C=O) groups excluding carboxylic acids is 1. The van der Waals surface area contributed by atoms with Crippen molar-refractivity contribution in [3.8, 4) is 0 Å². The van der Waals surface area contributed by atoms with Gasteiger partial charge in [-0.1, -0.05) is 6.42 Å². The summed E-state index contributed by atoms with van der Waals surface area (Å²) >= 11 is 0. The highest BCUT2D eigenvalue weighted by atomic mass is 19.1. The molecular formula is C21H28FN3O2. The number of carbonyl (C=O) groups is 1. The average molecular weight is 373 g/mol. The zero-order valence-corrected chi connectivity index (χ0v) is 15.7. The molecule has 2 saturated carbocycles. The number of fused-ring (bicyclic) bond motifs is 1. The minimum Gasteiger partial charge on any atom is -0.294 e. The Kier molecular flexibility index (Phi) is 4.26. The summed E-state index contributed by atoms with van der Waals surface area (Å²) < 4.78 is 14.7. The average Bonchev–Trinajstić information content (AvgIpc) is 3.52. The summed E-state index contributed by atoms with van der Waals surface area (Å²) in [5, 5.41) is 8.82. The maximum atomic E-state index is 14.7. The highest BCUT2D eigenvalue weighted by Gasteiger charge is 2.56. The molecule has 0 radical (unpaired) electrons. The molecule has 146 valence electrons. The number of nitrogens with one attached hydrogen (secondary N) is 1. The molecule has 2 atom stereocenters. The fraction of sp³-hybridized carbons (Fsp3) is 0.667. The smallest absolute Gasteiger partial charge is 0.274 e. The molecule has 1 aromatic rings. The second-order valence-corrected chi connectivity index (χ2v) is 8.80. The van der Waals surface area contributed by atoms with Crippen molar-refractivity contribution in [2.45, 2.75) is 75.5 Å². The third-order valence-corrected chi connectivity index (χ3v) is 7.41. The summed E-state index contributed by atoms with van der Waals surface area (Å²) in [5.74, 6) is -0.980. The van der Waals surface area contributed by atoms with Crippen molar-refractivity contribution in [3.63, 3.8) is 0 Å². The highest BCUT2D eigenvalue weighted by molar-refractivity contribution is 5.93. The number of rotatable bonds is 3. The molecule has 1 aromatic carbocycles. The van der Waals surface area contributed by atoms with Crippen LogP contribution in [0.15, 0.2) is 12.1 Å². The Bertz CT molecular complexity index is 766. The molecule has 2 heterocycles. The molecule has 2 N–H and O–H groups in total. The first-order valence-electron chi connectivity index (χ1n) is 10.4. The van der Waals surface area contributed by atoms with Gasteiger partial charge in [0.15, 0.2) is 0 Å².